The van der Waals surface area contributed by atoms with E-state index in [2.05, 4.69) is 30.5 Å². The van der Waals surface area contributed by atoms with Crippen molar-refractivity contribution in [1.29, 1.82) is 0 Å². The lowest BCUT2D eigenvalue weighted by atomic mass is 10.2. The van der Waals surface area contributed by atoms with E-state index in [4.69, 9.17) is 0 Å². The van der Waals surface area contributed by atoms with Gasteiger partial charge in [0.2, 0.25) is 0 Å². The molecule has 0 atom stereocenters. The molecule has 0 saturated heterocycles. The molecule has 2 rings (SSSR count). The van der Waals surface area contributed by atoms with Crippen molar-refractivity contribution in [3.8, 4) is 0 Å². The minimum Gasteiger partial charge on any atom is -0.350 e. The first-order chi connectivity index (χ1) is 9.66. The number of aromatic amines is 1. The summed E-state index contributed by atoms with van der Waals surface area (Å²) in [6.07, 6.45) is 3.07. The molecule has 2 heterocycles. The summed E-state index contributed by atoms with van der Waals surface area (Å²) < 4.78 is 0. The number of aromatic nitrogens is 5. The molecule has 8 heteroatoms. The van der Waals surface area contributed by atoms with Crippen LogP contribution in [-0.2, 0) is 0 Å². The number of hydrogen-bond donors (Lipinski definition) is 2. The number of carbonyl (C=O) groups excluding carboxylic acids is 1. The first-order valence-electron chi connectivity index (χ1n) is 6.26. The predicted octanol–water partition coefficient (Wildman–Crippen LogP) is 1.24. The van der Waals surface area contributed by atoms with E-state index in [1.54, 1.807) is 12.3 Å². The van der Waals surface area contributed by atoms with E-state index >= 15 is 0 Å². The fraction of sp³-hybridized carbons (Fsp3) is 0.417. The molecule has 2 aromatic rings. The van der Waals surface area contributed by atoms with Gasteiger partial charge in [0, 0.05) is 24.4 Å². The maximum Gasteiger partial charge on any atom is 0.270 e. The highest BCUT2D eigenvalue weighted by Gasteiger charge is 2.10. The number of hydrogen-bond acceptors (Lipinski definition) is 6. The van der Waals surface area contributed by atoms with Crippen molar-refractivity contribution in [3.05, 3.63) is 30.1 Å². The monoisotopic (exact) mass is 292 g/mol. The zero-order valence-corrected chi connectivity index (χ0v) is 12.1. The molecule has 2 N–H and O–H groups in total. The molecule has 0 fully saturated rings. The third-order valence-electron chi connectivity index (χ3n) is 2.44. The van der Waals surface area contributed by atoms with Gasteiger partial charge < -0.3 is 5.32 Å². The molecule has 0 aliphatic heterocycles. The largest absolute Gasteiger partial charge is 0.350 e. The van der Waals surface area contributed by atoms with E-state index in [0.29, 0.717) is 23.8 Å². The van der Waals surface area contributed by atoms with Crippen LogP contribution in [0.3, 0.4) is 0 Å². The number of thioether (sulfide) groups is 1. The van der Waals surface area contributed by atoms with Crippen LogP contribution in [0, 0.1) is 0 Å². The molecular weight excluding hydrogens is 276 g/mol. The molecule has 20 heavy (non-hydrogen) atoms. The van der Waals surface area contributed by atoms with Crippen LogP contribution in [0.25, 0.3) is 0 Å². The highest BCUT2D eigenvalue weighted by Crippen LogP contribution is 2.10. The molecule has 0 unspecified atom stereocenters. The molecular formula is C12H16N6OS. The van der Waals surface area contributed by atoms with Crippen molar-refractivity contribution < 1.29 is 4.79 Å². The molecule has 0 spiro atoms. The van der Waals surface area contributed by atoms with Gasteiger partial charge in [-0.25, -0.2) is 15.0 Å². The standard InChI is InChI=1S/C12H16N6OS/c1-8(2)10-13-4-3-9(17-10)11(19)14-5-6-20-12-15-7-16-18-12/h3-4,7-8H,5-6H2,1-2H3,(H,14,19)(H,15,16,18). The molecule has 0 aliphatic carbocycles. The molecule has 106 valence electrons. The van der Waals surface area contributed by atoms with E-state index in [0.717, 1.165) is 5.16 Å². The van der Waals surface area contributed by atoms with Crippen molar-refractivity contribution >= 4 is 17.7 Å². The summed E-state index contributed by atoms with van der Waals surface area (Å²) in [6, 6.07) is 1.62. The fourth-order valence-corrected chi connectivity index (χ4v) is 2.08. The molecule has 0 aliphatic rings. The van der Waals surface area contributed by atoms with Crippen molar-refractivity contribution in [3.63, 3.8) is 0 Å². The Morgan fingerprint density at radius 1 is 1.45 bits per heavy atom. The molecule has 0 bridgehead atoms. The number of rotatable bonds is 6. The van der Waals surface area contributed by atoms with E-state index < -0.39 is 0 Å². The zero-order chi connectivity index (χ0) is 14.4. The second kappa shape index (κ2) is 6.99. The van der Waals surface area contributed by atoms with Crippen LogP contribution in [0.4, 0.5) is 0 Å². The number of nitrogens with one attached hydrogen (secondary N) is 2. The summed E-state index contributed by atoms with van der Waals surface area (Å²) in [5.74, 6) is 1.40. The van der Waals surface area contributed by atoms with Crippen molar-refractivity contribution in [2.24, 2.45) is 0 Å². The van der Waals surface area contributed by atoms with Crippen LogP contribution in [0.15, 0.2) is 23.7 Å². The Bertz CT molecular complexity index is 557. The summed E-state index contributed by atoms with van der Waals surface area (Å²) in [5.41, 5.74) is 0.397. The zero-order valence-electron chi connectivity index (χ0n) is 11.3. The highest BCUT2D eigenvalue weighted by molar-refractivity contribution is 7.99. The Hall–Kier alpha value is -1.96. The van der Waals surface area contributed by atoms with Gasteiger partial charge in [0.15, 0.2) is 5.16 Å². The number of nitrogens with zero attached hydrogens (tertiary/aromatic N) is 4. The van der Waals surface area contributed by atoms with Crippen molar-refractivity contribution in [2.75, 3.05) is 12.3 Å². The van der Waals surface area contributed by atoms with E-state index in [-0.39, 0.29) is 11.8 Å². The van der Waals surface area contributed by atoms with Gasteiger partial charge in [0.25, 0.3) is 5.91 Å². The van der Waals surface area contributed by atoms with Gasteiger partial charge in [-0.2, -0.15) is 5.10 Å². The first kappa shape index (κ1) is 14.4. The fourth-order valence-electron chi connectivity index (χ4n) is 1.45. The number of carbonyl (C=O) groups is 1. The molecule has 0 aromatic carbocycles. The van der Waals surface area contributed by atoms with Gasteiger partial charge in [-0.1, -0.05) is 25.6 Å². The SMILES string of the molecule is CC(C)c1nccc(C(=O)NCCSc2ncn[nH]2)n1. The van der Waals surface area contributed by atoms with Gasteiger partial charge >= 0.3 is 0 Å². The van der Waals surface area contributed by atoms with Crippen LogP contribution < -0.4 is 5.32 Å². The lowest BCUT2D eigenvalue weighted by Gasteiger charge is -2.06. The Kier molecular flexibility index (Phi) is 5.05. The van der Waals surface area contributed by atoms with Crippen LogP contribution in [0.2, 0.25) is 0 Å². The van der Waals surface area contributed by atoms with Gasteiger partial charge in [0.05, 0.1) is 0 Å². The lowest BCUT2D eigenvalue weighted by molar-refractivity contribution is 0.0950. The molecule has 7 nitrogen and oxygen atoms in total. The predicted molar refractivity (Wildman–Crippen MR) is 75.6 cm³/mol. The Morgan fingerprint density at radius 2 is 2.30 bits per heavy atom. The Morgan fingerprint density at radius 3 is 3.00 bits per heavy atom. The summed E-state index contributed by atoms with van der Waals surface area (Å²) >= 11 is 1.50. The third-order valence-corrected chi connectivity index (χ3v) is 3.32. The van der Waals surface area contributed by atoms with E-state index in [1.807, 2.05) is 13.8 Å². The lowest BCUT2D eigenvalue weighted by Crippen LogP contribution is -2.27. The summed E-state index contributed by atoms with van der Waals surface area (Å²) in [6.45, 7) is 4.52. The van der Waals surface area contributed by atoms with Crippen LogP contribution in [-0.4, -0.2) is 43.4 Å². The van der Waals surface area contributed by atoms with Crippen LogP contribution in [0.5, 0.6) is 0 Å². The smallest absolute Gasteiger partial charge is 0.270 e. The summed E-state index contributed by atoms with van der Waals surface area (Å²) in [4.78, 5) is 24.3. The topological polar surface area (TPSA) is 96.5 Å². The average molecular weight is 292 g/mol. The second-order valence-electron chi connectivity index (χ2n) is 4.35. The van der Waals surface area contributed by atoms with E-state index in [9.17, 15) is 4.79 Å². The third kappa shape index (κ3) is 4.02. The van der Waals surface area contributed by atoms with E-state index in [1.165, 1.54) is 18.1 Å². The van der Waals surface area contributed by atoms with Crippen molar-refractivity contribution in [2.45, 2.75) is 24.9 Å². The number of H-pyrrole nitrogens is 1. The quantitative estimate of drug-likeness (QED) is 0.614. The highest BCUT2D eigenvalue weighted by atomic mass is 32.2. The second-order valence-corrected chi connectivity index (χ2v) is 5.43. The van der Waals surface area contributed by atoms with Crippen LogP contribution in [0.1, 0.15) is 36.1 Å². The Balaban J connectivity index is 1.81. The van der Waals surface area contributed by atoms with Gasteiger partial charge in [-0.05, 0) is 6.07 Å². The van der Waals surface area contributed by atoms with Gasteiger partial charge in [-0.15, -0.1) is 0 Å². The van der Waals surface area contributed by atoms with Gasteiger partial charge in [-0.3, -0.25) is 9.89 Å². The molecule has 2 aromatic heterocycles. The number of amides is 1. The summed E-state index contributed by atoms with van der Waals surface area (Å²) in [5, 5.41) is 10.0. The normalized spacial score (nSPS) is 10.8. The molecule has 0 radical (unpaired) electrons. The minimum absolute atomic E-state index is 0.188. The first-order valence-corrected chi connectivity index (χ1v) is 7.24. The average Bonchev–Trinajstić information content (AvgIpc) is 2.96. The Labute approximate surface area is 121 Å². The van der Waals surface area contributed by atoms with Crippen molar-refractivity contribution in [1.82, 2.24) is 30.5 Å². The molecule has 0 saturated carbocycles. The summed E-state index contributed by atoms with van der Waals surface area (Å²) in [7, 11) is 0. The minimum atomic E-state index is -0.188. The maximum absolute atomic E-state index is 11.9. The van der Waals surface area contributed by atoms with Crippen LogP contribution >= 0.6 is 11.8 Å². The maximum atomic E-state index is 11.9. The molecule has 1 amide bonds. The van der Waals surface area contributed by atoms with Gasteiger partial charge in [0.1, 0.15) is 17.8 Å².